The molecule has 0 saturated heterocycles. The van der Waals surface area contributed by atoms with Crippen LogP contribution >= 0.6 is 11.8 Å². The number of rotatable bonds is 2. The van der Waals surface area contributed by atoms with Crippen LogP contribution in [0.15, 0.2) is 35.2 Å². The molecule has 24 heavy (non-hydrogen) atoms. The van der Waals surface area contributed by atoms with Crippen LogP contribution in [0.2, 0.25) is 0 Å². The van der Waals surface area contributed by atoms with E-state index in [2.05, 4.69) is 0 Å². The van der Waals surface area contributed by atoms with Crippen LogP contribution in [0.3, 0.4) is 0 Å². The number of benzene rings is 2. The van der Waals surface area contributed by atoms with Crippen molar-refractivity contribution in [3.63, 3.8) is 0 Å². The van der Waals surface area contributed by atoms with Crippen LogP contribution in [-0.4, -0.2) is 17.3 Å². The second-order valence-corrected chi connectivity index (χ2v) is 5.28. The van der Waals surface area contributed by atoms with Crippen molar-refractivity contribution in [1.82, 2.24) is 0 Å². The molecule has 0 bridgehead atoms. The van der Waals surface area contributed by atoms with E-state index in [1.807, 2.05) is 13.8 Å². The van der Waals surface area contributed by atoms with Crippen molar-refractivity contribution in [2.24, 2.45) is 0 Å². The molecule has 0 radical (unpaired) electrons. The number of hydrogen-bond acceptors (Lipinski definition) is 2. The summed E-state index contributed by atoms with van der Waals surface area (Å²) in [4.78, 5) is 11.1. The SMILES string of the molecule is CC.CSc1ccc(C(=O)O)c(C)c1F.Cc1cccc(F)c1F. The molecule has 6 heteroatoms. The van der Waals surface area contributed by atoms with Crippen LogP contribution in [0.25, 0.3) is 0 Å². The van der Waals surface area contributed by atoms with Crippen molar-refractivity contribution in [3.8, 4) is 0 Å². The first-order valence-electron chi connectivity index (χ1n) is 7.26. The number of aryl methyl sites for hydroxylation is 1. The Kier molecular flexibility index (Phi) is 9.88. The summed E-state index contributed by atoms with van der Waals surface area (Å²) in [5.74, 6) is -3.07. The highest BCUT2D eigenvalue weighted by atomic mass is 32.2. The molecule has 2 aromatic rings. The third-order valence-corrected chi connectivity index (χ3v) is 3.70. The maximum absolute atomic E-state index is 13.3. The van der Waals surface area contributed by atoms with Gasteiger partial charge in [-0.05, 0) is 43.9 Å². The van der Waals surface area contributed by atoms with Gasteiger partial charge in [-0.25, -0.2) is 18.0 Å². The van der Waals surface area contributed by atoms with Gasteiger partial charge in [0.1, 0.15) is 5.82 Å². The molecule has 0 saturated carbocycles. The summed E-state index contributed by atoms with van der Waals surface area (Å²) in [6.45, 7) is 7.00. The molecule has 0 aliphatic carbocycles. The van der Waals surface area contributed by atoms with E-state index < -0.39 is 23.4 Å². The van der Waals surface area contributed by atoms with Crippen molar-refractivity contribution in [1.29, 1.82) is 0 Å². The smallest absolute Gasteiger partial charge is 0.336 e. The van der Waals surface area contributed by atoms with Gasteiger partial charge in [-0.3, -0.25) is 0 Å². The first-order chi connectivity index (χ1) is 11.3. The Morgan fingerprint density at radius 2 is 1.58 bits per heavy atom. The minimum atomic E-state index is -1.09. The molecule has 0 atom stereocenters. The zero-order chi connectivity index (χ0) is 18.9. The Bertz CT molecular complexity index is 668. The Labute approximate surface area is 144 Å². The molecule has 2 aromatic carbocycles. The Balaban J connectivity index is 0.000000420. The lowest BCUT2D eigenvalue weighted by Gasteiger charge is -2.05. The van der Waals surface area contributed by atoms with Gasteiger partial charge in [-0.15, -0.1) is 11.8 Å². The third-order valence-electron chi connectivity index (χ3n) is 2.95. The number of carboxylic acids is 1. The predicted octanol–water partition coefficient (Wildman–Crippen LogP) is 5.85. The van der Waals surface area contributed by atoms with Gasteiger partial charge in [0, 0.05) is 10.5 Å². The van der Waals surface area contributed by atoms with Gasteiger partial charge < -0.3 is 5.11 Å². The van der Waals surface area contributed by atoms with Crippen molar-refractivity contribution in [2.45, 2.75) is 32.6 Å². The van der Waals surface area contributed by atoms with Crippen molar-refractivity contribution >= 4 is 17.7 Å². The van der Waals surface area contributed by atoms with Crippen LogP contribution < -0.4 is 0 Å². The third kappa shape index (κ3) is 5.92. The summed E-state index contributed by atoms with van der Waals surface area (Å²) in [7, 11) is 0. The van der Waals surface area contributed by atoms with E-state index >= 15 is 0 Å². The van der Waals surface area contributed by atoms with E-state index in [4.69, 9.17) is 5.11 Å². The number of carbonyl (C=O) groups is 1. The summed E-state index contributed by atoms with van der Waals surface area (Å²) in [5.41, 5.74) is 0.560. The van der Waals surface area contributed by atoms with E-state index in [-0.39, 0.29) is 11.1 Å². The highest BCUT2D eigenvalue weighted by molar-refractivity contribution is 7.98. The van der Waals surface area contributed by atoms with Crippen LogP contribution in [0.1, 0.15) is 35.3 Å². The van der Waals surface area contributed by atoms with E-state index in [9.17, 15) is 18.0 Å². The topological polar surface area (TPSA) is 37.3 Å². The summed E-state index contributed by atoms with van der Waals surface area (Å²) in [5, 5.41) is 8.68. The fourth-order valence-electron chi connectivity index (χ4n) is 1.66. The number of hydrogen-bond donors (Lipinski definition) is 1. The molecule has 1 N–H and O–H groups in total. The molecule has 2 rings (SSSR count). The Morgan fingerprint density at radius 1 is 1.00 bits per heavy atom. The fraction of sp³-hybridized carbons (Fsp3) is 0.278. The molecule has 0 amide bonds. The summed E-state index contributed by atoms with van der Waals surface area (Å²) in [6.07, 6.45) is 1.75. The maximum atomic E-state index is 13.3. The quantitative estimate of drug-likeness (QED) is 0.684. The molecule has 0 aliphatic rings. The minimum Gasteiger partial charge on any atom is -0.478 e. The molecule has 0 fully saturated rings. The van der Waals surface area contributed by atoms with Gasteiger partial charge in [-0.2, -0.15) is 0 Å². The lowest BCUT2D eigenvalue weighted by Crippen LogP contribution is -2.02. The summed E-state index contributed by atoms with van der Waals surface area (Å²) >= 11 is 1.26. The average Bonchev–Trinajstić information content (AvgIpc) is 2.57. The number of halogens is 3. The van der Waals surface area contributed by atoms with Gasteiger partial charge in [0.05, 0.1) is 5.56 Å². The van der Waals surface area contributed by atoms with Gasteiger partial charge in [0.15, 0.2) is 11.6 Å². The van der Waals surface area contributed by atoms with Crippen molar-refractivity contribution in [3.05, 3.63) is 64.5 Å². The molecule has 0 aliphatic heterocycles. The molecule has 2 nitrogen and oxygen atoms in total. The van der Waals surface area contributed by atoms with Gasteiger partial charge >= 0.3 is 5.97 Å². The van der Waals surface area contributed by atoms with Crippen LogP contribution in [-0.2, 0) is 0 Å². The van der Waals surface area contributed by atoms with E-state index in [1.54, 1.807) is 6.26 Å². The van der Waals surface area contributed by atoms with Crippen molar-refractivity contribution in [2.75, 3.05) is 6.26 Å². The van der Waals surface area contributed by atoms with E-state index in [0.717, 1.165) is 6.07 Å². The number of carboxylic acid groups (broad SMARTS) is 1. The molecular formula is C18H21F3O2S. The molecular weight excluding hydrogens is 337 g/mol. The Hall–Kier alpha value is -1.95. The highest BCUT2D eigenvalue weighted by Gasteiger charge is 2.13. The molecule has 0 spiro atoms. The monoisotopic (exact) mass is 358 g/mol. The van der Waals surface area contributed by atoms with Crippen LogP contribution in [0.4, 0.5) is 13.2 Å². The predicted molar refractivity (Wildman–Crippen MR) is 92.3 cm³/mol. The minimum absolute atomic E-state index is 0.0234. The zero-order valence-corrected chi connectivity index (χ0v) is 15.1. The summed E-state index contributed by atoms with van der Waals surface area (Å²) in [6, 6.07) is 7.01. The molecule has 0 unspecified atom stereocenters. The molecule has 0 heterocycles. The Morgan fingerprint density at radius 3 is 2.00 bits per heavy atom. The van der Waals surface area contributed by atoms with Gasteiger partial charge in [0.25, 0.3) is 0 Å². The average molecular weight is 358 g/mol. The first-order valence-corrected chi connectivity index (χ1v) is 8.49. The molecule has 0 aromatic heterocycles. The standard InChI is InChI=1S/C9H9FO2S.C7H6F2.C2H6/c1-5-6(9(11)12)3-4-7(13-2)8(5)10;1-5-3-2-4-6(8)7(5)9;1-2/h3-4H,1-2H3,(H,11,12);2-4H,1H3;1-2H3. The first kappa shape index (κ1) is 22.1. The number of thioether (sulfide) groups is 1. The highest BCUT2D eigenvalue weighted by Crippen LogP contribution is 2.24. The maximum Gasteiger partial charge on any atom is 0.336 e. The number of aromatic carboxylic acids is 1. The van der Waals surface area contributed by atoms with Gasteiger partial charge in [-0.1, -0.05) is 26.0 Å². The van der Waals surface area contributed by atoms with E-state index in [0.29, 0.717) is 10.5 Å². The second kappa shape index (κ2) is 10.8. The fourth-order valence-corrected chi connectivity index (χ4v) is 2.20. The lowest BCUT2D eigenvalue weighted by atomic mass is 10.1. The van der Waals surface area contributed by atoms with Crippen LogP contribution in [0, 0.1) is 31.3 Å². The van der Waals surface area contributed by atoms with Crippen molar-refractivity contribution < 1.29 is 23.1 Å². The summed E-state index contributed by atoms with van der Waals surface area (Å²) < 4.78 is 37.9. The lowest BCUT2D eigenvalue weighted by molar-refractivity contribution is 0.0695. The normalized spacial score (nSPS) is 9.33. The largest absolute Gasteiger partial charge is 0.478 e. The van der Waals surface area contributed by atoms with Crippen LogP contribution in [0.5, 0.6) is 0 Å². The van der Waals surface area contributed by atoms with Gasteiger partial charge in [0.2, 0.25) is 0 Å². The zero-order valence-electron chi connectivity index (χ0n) is 14.3. The molecule has 132 valence electrons. The van der Waals surface area contributed by atoms with E-state index in [1.165, 1.54) is 49.9 Å². The second-order valence-electron chi connectivity index (χ2n) is 4.43.